The van der Waals surface area contributed by atoms with E-state index in [-0.39, 0.29) is 31.0 Å². The van der Waals surface area contributed by atoms with Crippen LogP contribution in [0.3, 0.4) is 0 Å². The zero-order valence-corrected chi connectivity index (χ0v) is 12.1. The molecular weight excluding hydrogens is 296 g/mol. The first-order chi connectivity index (χ1) is 11.2. The molecule has 0 spiro atoms. The van der Waals surface area contributed by atoms with E-state index in [1.54, 1.807) is 48.5 Å². The maximum atomic E-state index is 12.4. The summed E-state index contributed by atoms with van der Waals surface area (Å²) >= 11 is 0. The maximum Gasteiger partial charge on any atom is 0.266 e. The highest BCUT2D eigenvalue weighted by Gasteiger charge is 2.38. The van der Waals surface area contributed by atoms with E-state index in [2.05, 4.69) is 0 Å². The van der Waals surface area contributed by atoms with Crippen molar-refractivity contribution in [3.05, 3.63) is 59.7 Å². The number of rotatable bonds is 2. The molecule has 0 saturated heterocycles. The molecule has 6 heteroatoms. The Bertz CT molecular complexity index is 811. The van der Waals surface area contributed by atoms with Crippen LogP contribution >= 0.6 is 0 Å². The number of para-hydroxylation sites is 2. The molecule has 23 heavy (non-hydrogen) atoms. The van der Waals surface area contributed by atoms with Gasteiger partial charge in [-0.25, -0.2) is 0 Å². The van der Waals surface area contributed by atoms with Crippen LogP contribution in [0.4, 0.5) is 5.69 Å². The molecule has 114 valence electrons. The van der Waals surface area contributed by atoms with Crippen LogP contribution in [0.2, 0.25) is 0 Å². The van der Waals surface area contributed by atoms with E-state index in [4.69, 9.17) is 4.74 Å². The number of ether oxygens (including phenoxy) is 1. The highest BCUT2D eigenvalue weighted by molar-refractivity contribution is 6.21. The second-order valence-corrected chi connectivity index (χ2v) is 5.30. The van der Waals surface area contributed by atoms with Crippen molar-refractivity contribution in [1.82, 2.24) is 4.90 Å². The molecular formula is C17H12N2O4. The largest absolute Gasteiger partial charge is 0.482 e. The third kappa shape index (κ3) is 1.99. The molecule has 3 amide bonds. The van der Waals surface area contributed by atoms with Crippen LogP contribution in [-0.2, 0) is 4.79 Å². The predicted octanol–water partition coefficient (Wildman–Crippen LogP) is 1.67. The fourth-order valence-corrected chi connectivity index (χ4v) is 2.82. The van der Waals surface area contributed by atoms with E-state index in [1.807, 2.05) is 0 Å². The molecule has 0 radical (unpaired) electrons. The molecule has 0 N–H and O–H groups in total. The number of anilines is 1. The molecule has 2 aromatic rings. The summed E-state index contributed by atoms with van der Waals surface area (Å²) < 4.78 is 5.37. The maximum absolute atomic E-state index is 12.4. The van der Waals surface area contributed by atoms with Crippen molar-refractivity contribution in [2.24, 2.45) is 0 Å². The number of amides is 3. The lowest BCUT2D eigenvalue weighted by Gasteiger charge is -2.31. The van der Waals surface area contributed by atoms with Gasteiger partial charge in [0.1, 0.15) is 12.4 Å². The van der Waals surface area contributed by atoms with Gasteiger partial charge in [0.15, 0.2) is 6.61 Å². The topological polar surface area (TPSA) is 66.9 Å². The second-order valence-electron chi connectivity index (χ2n) is 5.30. The molecule has 0 atom stereocenters. The molecule has 0 saturated carbocycles. The number of fused-ring (bicyclic) bond motifs is 2. The summed E-state index contributed by atoms with van der Waals surface area (Å²) in [6.45, 7) is -0.230. The summed E-state index contributed by atoms with van der Waals surface area (Å²) in [6, 6.07) is 13.7. The number of hydrogen-bond donors (Lipinski definition) is 0. The van der Waals surface area contributed by atoms with Gasteiger partial charge in [-0.15, -0.1) is 0 Å². The van der Waals surface area contributed by atoms with E-state index in [1.165, 1.54) is 4.90 Å². The number of hydrogen-bond acceptors (Lipinski definition) is 4. The minimum absolute atomic E-state index is 0.111. The molecule has 4 rings (SSSR count). The van der Waals surface area contributed by atoms with Crippen molar-refractivity contribution in [3.8, 4) is 5.75 Å². The summed E-state index contributed by atoms with van der Waals surface area (Å²) in [4.78, 5) is 39.5. The Morgan fingerprint density at radius 3 is 2.13 bits per heavy atom. The average Bonchev–Trinajstić information content (AvgIpc) is 2.82. The lowest BCUT2D eigenvalue weighted by atomic mass is 10.1. The molecule has 0 bridgehead atoms. The van der Waals surface area contributed by atoms with Crippen LogP contribution in [0.15, 0.2) is 48.5 Å². The molecule has 0 fully saturated rings. The van der Waals surface area contributed by atoms with Gasteiger partial charge in [0.25, 0.3) is 17.7 Å². The van der Waals surface area contributed by atoms with Gasteiger partial charge in [-0.05, 0) is 24.3 Å². The standard InChI is InChI=1S/C17H12N2O4/c20-15-9-23-14-8-4-3-7-13(14)18(15)10-19-16(21)11-5-1-2-6-12(11)17(19)22/h1-8H,9-10H2. The number of carbonyl (C=O) groups excluding carboxylic acids is 3. The van der Waals surface area contributed by atoms with E-state index >= 15 is 0 Å². The highest BCUT2D eigenvalue weighted by Crippen LogP contribution is 2.32. The lowest BCUT2D eigenvalue weighted by Crippen LogP contribution is -2.47. The van der Waals surface area contributed by atoms with Crippen LogP contribution in [0.5, 0.6) is 5.75 Å². The Morgan fingerprint density at radius 2 is 1.43 bits per heavy atom. The zero-order valence-electron chi connectivity index (χ0n) is 12.1. The van der Waals surface area contributed by atoms with Gasteiger partial charge in [-0.3, -0.25) is 24.2 Å². The van der Waals surface area contributed by atoms with Crippen molar-refractivity contribution in [3.63, 3.8) is 0 Å². The third-order valence-corrected chi connectivity index (χ3v) is 3.97. The zero-order chi connectivity index (χ0) is 16.0. The quantitative estimate of drug-likeness (QED) is 0.792. The van der Waals surface area contributed by atoms with E-state index in [0.29, 0.717) is 22.6 Å². The van der Waals surface area contributed by atoms with E-state index < -0.39 is 0 Å². The minimum atomic E-state index is -0.387. The Morgan fingerprint density at radius 1 is 0.826 bits per heavy atom. The molecule has 2 aliphatic heterocycles. The Balaban J connectivity index is 1.68. The Kier molecular flexibility index (Phi) is 2.90. The fraction of sp³-hybridized carbons (Fsp3) is 0.118. The first-order valence-electron chi connectivity index (χ1n) is 7.14. The van der Waals surface area contributed by atoms with Gasteiger partial charge in [-0.2, -0.15) is 0 Å². The van der Waals surface area contributed by atoms with Gasteiger partial charge in [0.05, 0.1) is 16.8 Å². The summed E-state index contributed by atoms with van der Waals surface area (Å²) in [5.74, 6) is -0.506. The van der Waals surface area contributed by atoms with E-state index in [9.17, 15) is 14.4 Å². The number of imide groups is 1. The first-order valence-corrected chi connectivity index (χ1v) is 7.14. The molecule has 0 aromatic heterocycles. The van der Waals surface area contributed by atoms with Gasteiger partial charge in [-0.1, -0.05) is 24.3 Å². The molecule has 6 nitrogen and oxygen atoms in total. The minimum Gasteiger partial charge on any atom is -0.482 e. The summed E-state index contributed by atoms with van der Waals surface area (Å²) in [5.41, 5.74) is 1.29. The normalized spacial score (nSPS) is 16.3. The summed E-state index contributed by atoms with van der Waals surface area (Å²) in [5, 5.41) is 0. The third-order valence-electron chi connectivity index (χ3n) is 3.97. The van der Waals surface area contributed by atoms with Crippen molar-refractivity contribution < 1.29 is 19.1 Å². The fourth-order valence-electron chi connectivity index (χ4n) is 2.82. The molecule has 0 aliphatic carbocycles. The van der Waals surface area contributed by atoms with Gasteiger partial charge >= 0.3 is 0 Å². The van der Waals surface area contributed by atoms with Gasteiger partial charge in [0, 0.05) is 0 Å². The van der Waals surface area contributed by atoms with Crippen molar-refractivity contribution in [1.29, 1.82) is 0 Å². The van der Waals surface area contributed by atoms with Gasteiger partial charge in [0.2, 0.25) is 0 Å². The molecule has 2 aliphatic rings. The highest BCUT2D eigenvalue weighted by atomic mass is 16.5. The number of nitrogens with zero attached hydrogens (tertiary/aromatic N) is 2. The Hall–Kier alpha value is -3.15. The van der Waals surface area contributed by atoms with Crippen LogP contribution in [-0.4, -0.2) is 35.9 Å². The number of carbonyl (C=O) groups is 3. The SMILES string of the molecule is O=C1c2ccccc2C(=O)N1CN1C(=O)COc2ccccc21. The Labute approximate surface area is 131 Å². The van der Waals surface area contributed by atoms with Crippen molar-refractivity contribution >= 4 is 23.4 Å². The van der Waals surface area contributed by atoms with Crippen LogP contribution in [0.1, 0.15) is 20.7 Å². The first kappa shape index (κ1) is 13.5. The van der Waals surface area contributed by atoms with Gasteiger partial charge < -0.3 is 4.74 Å². The molecule has 0 unspecified atom stereocenters. The van der Waals surface area contributed by atoms with Crippen LogP contribution in [0, 0.1) is 0 Å². The van der Waals surface area contributed by atoms with Crippen molar-refractivity contribution in [2.45, 2.75) is 0 Å². The predicted molar refractivity (Wildman–Crippen MR) is 81.2 cm³/mol. The average molecular weight is 308 g/mol. The summed E-state index contributed by atoms with van der Waals surface area (Å²) in [7, 11) is 0. The molecule has 2 aromatic carbocycles. The van der Waals surface area contributed by atoms with Crippen molar-refractivity contribution in [2.75, 3.05) is 18.2 Å². The lowest BCUT2D eigenvalue weighted by molar-refractivity contribution is -0.121. The smallest absolute Gasteiger partial charge is 0.266 e. The molecule has 2 heterocycles. The monoisotopic (exact) mass is 308 g/mol. The number of benzene rings is 2. The van der Waals surface area contributed by atoms with E-state index in [0.717, 1.165) is 4.90 Å². The summed E-state index contributed by atoms with van der Waals surface area (Å²) in [6.07, 6.45) is 0. The second kappa shape index (κ2) is 4.95. The van der Waals surface area contributed by atoms with Crippen LogP contribution in [0.25, 0.3) is 0 Å². The van der Waals surface area contributed by atoms with Crippen LogP contribution < -0.4 is 9.64 Å².